The summed E-state index contributed by atoms with van der Waals surface area (Å²) in [6.45, 7) is 2.06. The highest BCUT2D eigenvalue weighted by molar-refractivity contribution is 7.80. The summed E-state index contributed by atoms with van der Waals surface area (Å²) in [5.41, 5.74) is 4.41. The van der Waals surface area contributed by atoms with Gasteiger partial charge in [0.2, 0.25) is 0 Å². The van der Waals surface area contributed by atoms with Gasteiger partial charge in [0.05, 0.1) is 11.7 Å². The van der Waals surface area contributed by atoms with E-state index in [4.69, 9.17) is 21.9 Å². The molecule has 188 valence electrons. The van der Waals surface area contributed by atoms with Gasteiger partial charge in [0.25, 0.3) is 0 Å². The highest BCUT2D eigenvalue weighted by atomic mass is 32.1. The molecule has 2 fully saturated rings. The minimum Gasteiger partial charge on any atom is -0.457 e. The van der Waals surface area contributed by atoms with E-state index in [0.717, 1.165) is 28.4 Å². The maximum absolute atomic E-state index is 6.16. The van der Waals surface area contributed by atoms with Crippen LogP contribution in [-0.2, 0) is 0 Å². The lowest BCUT2D eigenvalue weighted by Crippen LogP contribution is -2.31. The van der Waals surface area contributed by atoms with Gasteiger partial charge in [-0.25, -0.2) is 0 Å². The lowest BCUT2D eigenvalue weighted by Gasteiger charge is -2.32. The van der Waals surface area contributed by atoms with E-state index in [1.165, 1.54) is 37.8 Å². The number of ether oxygens (including phenoxy) is 1. The van der Waals surface area contributed by atoms with Crippen molar-refractivity contribution in [3.05, 3.63) is 108 Å². The van der Waals surface area contributed by atoms with Gasteiger partial charge >= 0.3 is 0 Å². The van der Waals surface area contributed by atoms with E-state index in [1.54, 1.807) is 0 Å². The lowest BCUT2D eigenvalue weighted by atomic mass is 9.94. The third kappa shape index (κ3) is 4.74. The molecular formula is C31H32N4OS. The lowest BCUT2D eigenvalue weighted by molar-refractivity contribution is 0.340. The minimum absolute atomic E-state index is 0.0116. The first kappa shape index (κ1) is 23.7. The average molecular weight is 509 g/mol. The molecule has 1 aliphatic heterocycles. The van der Waals surface area contributed by atoms with Crippen LogP contribution in [0.4, 0.5) is 5.69 Å². The van der Waals surface area contributed by atoms with Crippen LogP contribution in [0.1, 0.15) is 67.2 Å². The number of rotatable bonds is 6. The molecule has 6 heteroatoms. The number of pyridine rings is 1. The molecule has 1 N–H and O–H groups in total. The van der Waals surface area contributed by atoms with Gasteiger partial charge < -0.3 is 19.5 Å². The number of nitrogens with zero attached hydrogens (tertiary/aromatic N) is 3. The molecule has 2 aromatic carbocycles. The third-order valence-electron chi connectivity index (χ3n) is 7.62. The van der Waals surface area contributed by atoms with E-state index in [0.29, 0.717) is 11.2 Å². The molecule has 37 heavy (non-hydrogen) atoms. The Morgan fingerprint density at radius 2 is 1.68 bits per heavy atom. The van der Waals surface area contributed by atoms with Crippen LogP contribution in [0.15, 0.2) is 91.3 Å². The summed E-state index contributed by atoms with van der Waals surface area (Å²) in [5.74, 6) is 1.67. The number of hydrogen-bond acceptors (Lipinski definition) is 3. The van der Waals surface area contributed by atoms with Gasteiger partial charge in [0, 0.05) is 29.8 Å². The zero-order chi connectivity index (χ0) is 25.2. The molecule has 3 heterocycles. The van der Waals surface area contributed by atoms with Crippen LogP contribution < -0.4 is 15.0 Å². The smallest absolute Gasteiger partial charge is 0.174 e. The molecule has 1 saturated carbocycles. The van der Waals surface area contributed by atoms with Crippen molar-refractivity contribution in [2.75, 3.05) is 4.90 Å². The topological polar surface area (TPSA) is 42.3 Å². The molecule has 0 amide bonds. The third-order valence-corrected chi connectivity index (χ3v) is 7.93. The molecule has 6 rings (SSSR count). The second kappa shape index (κ2) is 10.4. The van der Waals surface area contributed by atoms with E-state index < -0.39 is 0 Å². The number of hydrogen-bond donors (Lipinski definition) is 1. The standard InChI is InChI=1S/C31H32N4OS/c1-22-10-5-6-15-28(22)36-25-18-16-24(17-19-25)35-30(29(33-31(35)37)26-13-7-8-20-32-26)27-14-9-21-34(27)23-11-3-2-4-12-23/h5-10,13-21,23,29-30H,2-4,11-12H2,1H3,(H,33,37)/t29-,30+/m1/s1. The summed E-state index contributed by atoms with van der Waals surface area (Å²) >= 11 is 5.95. The molecule has 1 aliphatic carbocycles. The maximum Gasteiger partial charge on any atom is 0.174 e. The van der Waals surface area contributed by atoms with Gasteiger partial charge in [-0.3, -0.25) is 4.98 Å². The van der Waals surface area contributed by atoms with Gasteiger partial charge in [-0.2, -0.15) is 0 Å². The number of aromatic nitrogens is 2. The van der Waals surface area contributed by atoms with Crippen molar-refractivity contribution in [3.63, 3.8) is 0 Å². The fraction of sp³-hybridized carbons (Fsp3) is 0.290. The largest absolute Gasteiger partial charge is 0.457 e. The highest BCUT2D eigenvalue weighted by Crippen LogP contribution is 2.44. The van der Waals surface area contributed by atoms with Crippen molar-refractivity contribution in [3.8, 4) is 11.5 Å². The molecule has 0 spiro atoms. The van der Waals surface area contributed by atoms with Gasteiger partial charge in [0.1, 0.15) is 17.5 Å². The molecule has 2 aliphatic rings. The molecule has 0 unspecified atom stereocenters. The monoisotopic (exact) mass is 508 g/mol. The number of para-hydroxylation sites is 1. The van der Waals surface area contributed by atoms with Crippen molar-refractivity contribution in [2.24, 2.45) is 0 Å². The normalized spacial score (nSPS) is 20.1. The van der Waals surface area contributed by atoms with E-state index in [1.807, 2.05) is 48.7 Å². The molecule has 2 aromatic heterocycles. The van der Waals surface area contributed by atoms with Crippen LogP contribution >= 0.6 is 12.2 Å². The number of aryl methyl sites for hydroxylation is 1. The maximum atomic E-state index is 6.16. The molecule has 4 aromatic rings. The van der Waals surface area contributed by atoms with E-state index >= 15 is 0 Å². The molecule has 1 saturated heterocycles. The summed E-state index contributed by atoms with van der Waals surface area (Å²) in [5, 5.41) is 4.31. The Morgan fingerprint density at radius 3 is 2.43 bits per heavy atom. The molecule has 0 radical (unpaired) electrons. The minimum atomic E-state index is -0.0474. The van der Waals surface area contributed by atoms with Crippen LogP contribution in [0.2, 0.25) is 0 Å². The van der Waals surface area contributed by atoms with Gasteiger partial charge in [-0.05, 0) is 92.1 Å². The Balaban J connectivity index is 1.36. The van der Waals surface area contributed by atoms with Crippen molar-refractivity contribution in [1.29, 1.82) is 0 Å². The fourth-order valence-electron chi connectivity index (χ4n) is 5.76. The summed E-state index contributed by atoms with van der Waals surface area (Å²) in [4.78, 5) is 6.97. The number of anilines is 1. The second-order valence-corrected chi connectivity index (χ2v) is 10.4. The van der Waals surface area contributed by atoms with E-state index in [9.17, 15) is 0 Å². The summed E-state index contributed by atoms with van der Waals surface area (Å²) in [7, 11) is 0. The van der Waals surface area contributed by atoms with Crippen LogP contribution in [-0.4, -0.2) is 14.7 Å². The molecule has 2 atom stereocenters. The summed E-state index contributed by atoms with van der Waals surface area (Å²) in [6.07, 6.45) is 10.5. The van der Waals surface area contributed by atoms with Crippen molar-refractivity contribution in [2.45, 2.75) is 57.2 Å². The average Bonchev–Trinajstić information content (AvgIpc) is 3.56. The van der Waals surface area contributed by atoms with Gasteiger partial charge in [-0.15, -0.1) is 0 Å². The second-order valence-electron chi connectivity index (χ2n) is 9.99. The first-order chi connectivity index (χ1) is 18.2. The Morgan fingerprint density at radius 1 is 0.892 bits per heavy atom. The van der Waals surface area contributed by atoms with Crippen LogP contribution in [0, 0.1) is 6.92 Å². The first-order valence-electron chi connectivity index (χ1n) is 13.2. The van der Waals surface area contributed by atoms with Gasteiger partial charge in [-0.1, -0.05) is 43.5 Å². The quantitative estimate of drug-likeness (QED) is 0.271. The Bertz CT molecular complexity index is 1360. The Labute approximate surface area is 224 Å². The number of benzene rings is 2. The summed E-state index contributed by atoms with van der Waals surface area (Å²) in [6, 6.07) is 27.3. The molecular weight excluding hydrogens is 476 g/mol. The summed E-state index contributed by atoms with van der Waals surface area (Å²) < 4.78 is 8.66. The van der Waals surface area contributed by atoms with E-state index in [2.05, 4.69) is 64.3 Å². The zero-order valence-electron chi connectivity index (χ0n) is 21.1. The molecule has 5 nitrogen and oxygen atoms in total. The SMILES string of the molecule is Cc1ccccc1Oc1ccc(N2C(=S)N[C@H](c3ccccn3)[C@@H]2c2cccn2C2CCCCC2)cc1. The van der Waals surface area contributed by atoms with Gasteiger partial charge in [0.15, 0.2) is 5.11 Å². The zero-order valence-corrected chi connectivity index (χ0v) is 21.9. The Hall–Kier alpha value is -3.64. The number of nitrogens with one attached hydrogen (secondary N) is 1. The van der Waals surface area contributed by atoms with Crippen LogP contribution in [0.3, 0.4) is 0 Å². The van der Waals surface area contributed by atoms with Crippen LogP contribution in [0.5, 0.6) is 11.5 Å². The number of thiocarbonyl (C=S) groups is 1. The van der Waals surface area contributed by atoms with Crippen molar-refractivity contribution >= 4 is 23.0 Å². The predicted octanol–water partition coefficient (Wildman–Crippen LogP) is 7.67. The van der Waals surface area contributed by atoms with E-state index in [-0.39, 0.29) is 12.1 Å². The highest BCUT2D eigenvalue weighted by Gasteiger charge is 2.42. The van der Waals surface area contributed by atoms with Crippen molar-refractivity contribution < 1.29 is 4.74 Å². The molecule has 0 bridgehead atoms. The Kier molecular flexibility index (Phi) is 6.66. The predicted molar refractivity (Wildman–Crippen MR) is 152 cm³/mol. The fourth-order valence-corrected chi connectivity index (χ4v) is 6.10. The van der Waals surface area contributed by atoms with Crippen LogP contribution in [0.25, 0.3) is 0 Å². The first-order valence-corrected chi connectivity index (χ1v) is 13.6. The van der Waals surface area contributed by atoms with Crippen molar-refractivity contribution in [1.82, 2.24) is 14.9 Å².